The summed E-state index contributed by atoms with van der Waals surface area (Å²) in [6.45, 7) is -1.39. The van der Waals surface area contributed by atoms with Gasteiger partial charge in [0.15, 0.2) is 0 Å². The van der Waals surface area contributed by atoms with Gasteiger partial charge in [0.1, 0.15) is 12.3 Å². The van der Waals surface area contributed by atoms with Crippen molar-refractivity contribution in [1.82, 2.24) is 5.32 Å². The number of alkyl halides is 3. The Morgan fingerprint density at radius 3 is 2.39 bits per heavy atom. The lowest BCUT2D eigenvalue weighted by molar-refractivity contribution is -0.139. The molecule has 0 aliphatic carbocycles. The maximum atomic E-state index is 11.9. The fraction of sp³-hybridized carbons (Fsp3) is 0.364. The Labute approximate surface area is 102 Å². The Balaban J connectivity index is 2.47. The fourth-order valence-corrected chi connectivity index (χ4v) is 1.30. The lowest BCUT2D eigenvalue weighted by atomic mass is 10.1. The molecule has 100 valence electrons. The third-order valence-corrected chi connectivity index (χ3v) is 2.19. The van der Waals surface area contributed by atoms with E-state index in [2.05, 4.69) is 0 Å². The summed E-state index contributed by atoms with van der Waals surface area (Å²) in [5, 5.41) is 10.8. The molecule has 0 spiro atoms. The van der Waals surface area contributed by atoms with Crippen LogP contribution >= 0.6 is 0 Å². The average Bonchev–Trinajstić information content (AvgIpc) is 2.28. The highest BCUT2D eigenvalue weighted by atomic mass is 19.4. The van der Waals surface area contributed by atoms with Crippen molar-refractivity contribution in [3.05, 3.63) is 29.8 Å². The van der Waals surface area contributed by atoms with Crippen LogP contribution in [0.3, 0.4) is 0 Å². The highest BCUT2D eigenvalue weighted by molar-refractivity contribution is 5.81. The van der Waals surface area contributed by atoms with Crippen LogP contribution < -0.4 is 11.1 Å². The molecule has 1 atom stereocenters. The van der Waals surface area contributed by atoms with Gasteiger partial charge in [-0.2, -0.15) is 13.2 Å². The second-order valence-electron chi connectivity index (χ2n) is 3.81. The van der Waals surface area contributed by atoms with E-state index in [1.54, 1.807) is 17.4 Å². The number of carbonyl (C=O) groups excluding carboxylic acids is 1. The third kappa shape index (κ3) is 5.05. The number of carbonyl (C=O) groups is 1. The predicted octanol–water partition coefficient (Wildman–Crippen LogP) is 0.940. The van der Waals surface area contributed by atoms with Crippen molar-refractivity contribution >= 4 is 5.91 Å². The van der Waals surface area contributed by atoms with Crippen molar-refractivity contribution in [2.75, 3.05) is 6.54 Å². The summed E-state index contributed by atoms with van der Waals surface area (Å²) in [6.07, 6.45) is -4.35. The quantitative estimate of drug-likeness (QED) is 0.756. The number of nitrogens with one attached hydrogen (secondary N) is 1. The number of benzene rings is 1. The molecular weight excluding hydrogens is 249 g/mol. The molecule has 0 fully saturated rings. The summed E-state index contributed by atoms with van der Waals surface area (Å²) in [6, 6.07) is 4.86. The van der Waals surface area contributed by atoms with E-state index in [-0.39, 0.29) is 12.2 Å². The number of aromatic hydroxyl groups is 1. The number of hydrogen-bond donors (Lipinski definition) is 3. The topological polar surface area (TPSA) is 75.3 Å². The zero-order valence-corrected chi connectivity index (χ0v) is 9.37. The summed E-state index contributed by atoms with van der Waals surface area (Å²) < 4.78 is 35.6. The molecule has 0 aliphatic heterocycles. The molecule has 0 saturated carbocycles. The highest BCUT2D eigenvalue weighted by Gasteiger charge is 2.28. The normalized spacial score (nSPS) is 13.1. The SMILES string of the molecule is N[C@H](Cc1ccc(O)cc1)C(=O)NCC(F)(F)F. The molecule has 0 radical (unpaired) electrons. The zero-order valence-electron chi connectivity index (χ0n) is 9.37. The van der Waals surface area contributed by atoms with E-state index in [0.29, 0.717) is 5.56 Å². The largest absolute Gasteiger partial charge is 0.508 e. The van der Waals surface area contributed by atoms with Crippen molar-refractivity contribution in [2.45, 2.75) is 18.6 Å². The molecule has 18 heavy (non-hydrogen) atoms. The van der Waals surface area contributed by atoms with Gasteiger partial charge in [0.05, 0.1) is 6.04 Å². The van der Waals surface area contributed by atoms with Gasteiger partial charge >= 0.3 is 6.18 Å². The molecule has 1 amide bonds. The van der Waals surface area contributed by atoms with Crippen LogP contribution in [0.15, 0.2) is 24.3 Å². The second kappa shape index (κ2) is 5.72. The number of nitrogens with two attached hydrogens (primary N) is 1. The van der Waals surface area contributed by atoms with E-state index in [4.69, 9.17) is 10.8 Å². The molecule has 0 unspecified atom stereocenters. The van der Waals surface area contributed by atoms with Crippen LogP contribution in [0.2, 0.25) is 0 Å². The first kappa shape index (κ1) is 14.3. The molecule has 7 heteroatoms. The number of phenols is 1. The van der Waals surface area contributed by atoms with Crippen molar-refractivity contribution in [3.63, 3.8) is 0 Å². The standard InChI is InChI=1S/C11H13F3N2O2/c12-11(13,14)6-16-10(18)9(15)5-7-1-3-8(17)4-2-7/h1-4,9,17H,5-6,15H2,(H,16,18)/t9-/m1/s1. The first-order valence-corrected chi connectivity index (χ1v) is 5.16. The molecule has 0 heterocycles. The summed E-state index contributed by atoms with van der Waals surface area (Å²) >= 11 is 0. The average molecular weight is 262 g/mol. The van der Waals surface area contributed by atoms with E-state index < -0.39 is 24.7 Å². The van der Waals surface area contributed by atoms with Gasteiger partial charge in [0.2, 0.25) is 5.91 Å². The molecule has 0 aliphatic rings. The van der Waals surface area contributed by atoms with E-state index in [0.717, 1.165) is 0 Å². The van der Waals surface area contributed by atoms with Gasteiger partial charge in [-0.3, -0.25) is 4.79 Å². The van der Waals surface area contributed by atoms with E-state index >= 15 is 0 Å². The number of phenolic OH excluding ortho intramolecular Hbond substituents is 1. The summed E-state index contributed by atoms with van der Waals surface area (Å²) in [5.74, 6) is -0.797. The maximum absolute atomic E-state index is 11.9. The minimum absolute atomic E-state index is 0.0637. The van der Waals surface area contributed by atoms with Crippen LogP contribution in [-0.4, -0.2) is 29.8 Å². The molecule has 4 N–H and O–H groups in total. The lowest BCUT2D eigenvalue weighted by Crippen LogP contribution is -2.45. The smallest absolute Gasteiger partial charge is 0.405 e. The van der Waals surface area contributed by atoms with Crippen LogP contribution in [0, 0.1) is 0 Å². The van der Waals surface area contributed by atoms with Gasteiger partial charge in [-0.15, -0.1) is 0 Å². The third-order valence-electron chi connectivity index (χ3n) is 2.19. The Hall–Kier alpha value is -1.76. The van der Waals surface area contributed by atoms with Crippen LogP contribution in [0.1, 0.15) is 5.56 Å². The Kier molecular flexibility index (Phi) is 4.55. The molecule has 1 rings (SSSR count). The van der Waals surface area contributed by atoms with Gasteiger partial charge in [0.25, 0.3) is 0 Å². The van der Waals surface area contributed by atoms with Crippen LogP contribution in [0.25, 0.3) is 0 Å². The monoisotopic (exact) mass is 262 g/mol. The molecule has 4 nitrogen and oxygen atoms in total. The number of hydrogen-bond acceptors (Lipinski definition) is 3. The molecule has 1 aromatic rings. The van der Waals surface area contributed by atoms with Gasteiger partial charge in [-0.25, -0.2) is 0 Å². The summed E-state index contributed by atoms with van der Waals surface area (Å²) in [4.78, 5) is 11.3. The maximum Gasteiger partial charge on any atom is 0.405 e. The highest BCUT2D eigenvalue weighted by Crippen LogP contribution is 2.13. The lowest BCUT2D eigenvalue weighted by Gasteiger charge is -2.13. The van der Waals surface area contributed by atoms with Crippen LogP contribution in [0.4, 0.5) is 13.2 Å². The molecule has 0 aromatic heterocycles. The van der Waals surface area contributed by atoms with Crippen LogP contribution in [-0.2, 0) is 11.2 Å². The van der Waals surface area contributed by atoms with Crippen molar-refractivity contribution in [1.29, 1.82) is 0 Å². The van der Waals surface area contributed by atoms with Gasteiger partial charge < -0.3 is 16.2 Å². The fourth-order valence-electron chi connectivity index (χ4n) is 1.30. The molecule has 0 saturated heterocycles. The molecule has 0 bridgehead atoms. The number of rotatable bonds is 4. The van der Waals surface area contributed by atoms with Crippen molar-refractivity contribution in [2.24, 2.45) is 5.73 Å². The van der Waals surface area contributed by atoms with Crippen molar-refractivity contribution in [3.8, 4) is 5.75 Å². The first-order chi connectivity index (χ1) is 8.28. The summed E-state index contributed by atoms with van der Waals surface area (Å²) in [7, 11) is 0. The summed E-state index contributed by atoms with van der Waals surface area (Å²) in [5.41, 5.74) is 6.13. The van der Waals surface area contributed by atoms with E-state index in [1.165, 1.54) is 12.1 Å². The number of halogens is 3. The molecular formula is C11H13F3N2O2. The minimum atomic E-state index is -4.45. The van der Waals surface area contributed by atoms with Gasteiger partial charge in [-0.05, 0) is 24.1 Å². The minimum Gasteiger partial charge on any atom is -0.508 e. The second-order valence-corrected chi connectivity index (χ2v) is 3.81. The zero-order chi connectivity index (χ0) is 13.8. The Morgan fingerprint density at radius 2 is 1.89 bits per heavy atom. The molecule has 1 aromatic carbocycles. The van der Waals surface area contributed by atoms with E-state index in [1.807, 2.05) is 0 Å². The Morgan fingerprint density at radius 1 is 1.33 bits per heavy atom. The van der Waals surface area contributed by atoms with Gasteiger partial charge in [0, 0.05) is 0 Å². The predicted molar refractivity (Wildman–Crippen MR) is 58.9 cm³/mol. The first-order valence-electron chi connectivity index (χ1n) is 5.16. The van der Waals surface area contributed by atoms with E-state index in [9.17, 15) is 18.0 Å². The van der Waals surface area contributed by atoms with Crippen molar-refractivity contribution < 1.29 is 23.1 Å². The number of amides is 1. The van der Waals surface area contributed by atoms with Gasteiger partial charge in [-0.1, -0.05) is 12.1 Å². The Bertz CT molecular complexity index is 404. The van der Waals surface area contributed by atoms with Crippen LogP contribution in [0.5, 0.6) is 5.75 Å².